The highest BCUT2D eigenvalue weighted by molar-refractivity contribution is 6.01. The van der Waals surface area contributed by atoms with Crippen molar-refractivity contribution in [1.82, 2.24) is 0 Å². The van der Waals surface area contributed by atoms with Crippen LogP contribution in [-0.2, 0) is 11.2 Å². The Morgan fingerprint density at radius 2 is 2.22 bits per heavy atom. The molecule has 0 atom stereocenters. The van der Waals surface area contributed by atoms with Crippen molar-refractivity contribution in [3.63, 3.8) is 0 Å². The smallest absolute Gasteiger partial charge is 0.231 e. The number of nitrogens with zero attached hydrogens (tertiary/aromatic N) is 2. The van der Waals surface area contributed by atoms with E-state index in [2.05, 4.69) is 6.07 Å². The van der Waals surface area contributed by atoms with Crippen LogP contribution in [0.4, 0.5) is 11.4 Å². The van der Waals surface area contributed by atoms with E-state index in [1.54, 1.807) is 11.0 Å². The maximum atomic E-state index is 11.9. The fourth-order valence-corrected chi connectivity index (χ4v) is 2.10. The van der Waals surface area contributed by atoms with Crippen LogP contribution >= 0.6 is 0 Å². The molecule has 0 saturated carbocycles. The average molecular weight is 243 g/mol. The molecule has 0 spiro atoms. The highest BCUT2D eigenvalue weighted by atomic mass is 16.2. The largest absolute Gasteiger partial charge is 0.399 e. The molecule has 1 amide bonds. The molecule has 0 aromatic heterocycles. The topological polar surface area (TPSA) is 70.1 Å². The van der Waals surface area contributed by atoms with Gasteiger partial charge in [-0.1, -0.05) is 0 Å². The van der Waals surface area contributed by atoms with Crippen molar-refractivity contribution in [2.24, 2.45) is 5.41 Å². The number of hydrogen-bond acceptors (Lipinski definition) is 3. The number of nitrogens with two attached hydrogens (primary N) is 1. The Kier molecular flexibility index (Phi) is 3.00. The first-order chi connectivity index (χ1) is 8.43. The van der Waals surface area contributed by atoms with Crippen molar-refractivity contribution in [1.29, 1.82) is 5.26 Å². The Balaban J connectivity index is 2.17. The number of fused-ring (bicyclic) bond motifs is 1. The average Bonchev–Trinajstić information content (AvgIpc) is 2.61. The normalized spacial score (nSPS) is 14.5. The van der Waals surface area contributed by atoms with Crippen LogP contribution in [-0.4, -0.2) is 12.5 Å². The fourth-order valence-electron chi connectivity index (χ4n) is 2.10. The van der Waals surface area contributed by atoms with Crippen LogP contribution in [0.2, 0.25) is 0 Å². The van der Waals surface area contributed by atoms with Crippen LogP contribution in [0.15, 0.2) is 18.2 Å². The maximum absolute atomic E-state index is 11.9. The minimum Gasteiger partial charge on any atom is -0.399 e. The second-order valence-electron chi connectivity index (χ2n) is 5.36. The Hall–Kier alpha value is -2.02. The molecule has 1 heterocycles. The minimum atomic E-state index is -0.406. The van der Waals surface area contributed by atoms with Gasteiger partial charge < -0.3 is 10.6 Å². The molecule has 94 valence electrons. The number of hydrogen-bond donors (Lipinski definition) is 1. The van der Waals surface area contributed by atoms with E-state index in [1.807, 2.05) is 26.0 Å². The molecule has 1 aliphatic rings. The van der Waals surface area contributed by atoms with E-state index in [-0.39, 0.29) is 5.91 Å². The number of nitrogen functional groups attached to an aromatic ring is 1. The van der Waals surface area contributed by atoms with Crippen molar-refractivity contribution >= 4 is 17.3 Å². The van der Waals surface area contributed by atoms with Crippen LogP contribution in [0, 0.1) is 16.7 Å². The lowest BCUT2D eigenvalue weighted by atomic mass is 9.91. The summed E-state index contributed by atoms with van der Waals surface area (Å²) in [6, 6.07) is 7.79. The molecule has 4 heteroatoms. The van der Waals surface area contributed by atoms with Gasteiger partial charge in [-0.25, -0.2) is 0 Å². The molecule has 2 rings (SSSR count). The molecular weight excluding hydrogens is 226 g/mol. The summed E-state index contributed by atoms with van der Waals surface area (Å²) in [5, 5.41) is 9.00. The van der Waals surface area contributed by atoms with Crippen molar-refractivity contribution in [3.8, 4) is 6.07 Å². The van der Waals surface area contributed by atoms with Gasteiger partial charge in [0.05, 0.1) is 17.9 Å². The van der Waals surface area contributed by atoms with Gasteiger partial charge in [0.15, 0.2) is 0 Å². The van der Waals surface area contributed by atoms with E-state index in [0.717, 1.165) is 11.3 Å². The Labute approximate surface area is 107 Å². The molecule has 0 unspecified atom stereocenters. The molecule has 18 heavy (non-hydrogen) atoms. The van der Waals surface area contributed by atoms with Gasteiger partial charge in [-0.15, -0.1) is 0 Å². The van der Waals surface area contributed by atoms with E-state index >= 15 is 0 Å². The lowest BCUT2D eigenvalue weighted by Gasteiger charge is -2.22. The summed E-state index contributed by atoms with van der Waals surface area (Å²) >= 11 is 0. The minimum absolute atomic E-state index is 0.0874. The van der Waals surface area contributed by atoms with Crippen molar-refractivity contribution in [2.75, 3.05) is 17.2 Å². The fraction of sp³-hybridized carbons (Fsp3) is 0.429. The second-order valence-corrected chi connectivity index (χ2v) is 5.36. The van der Waals surface area contributed by atoms with Gasteiger partial charge in [-0.3, -0.25) is 4.79 Å². The van der Waals surface area contributed by atoms with Gasteiger partial charge in [0.1, 0.15) is 0 Å². The third-order valence-electron chi connectivity index (χ3n) is 3.30. The highest BCUT2D eigenvalue weighted by Crippen LogP contribution is 2.32. The molecule has 0 bridgehead atoms. The Morgan fingerprint density at radius 1 is 1.50 bits per heavy atom. The summed E-state index contributed by atoms with van der Waals surface area (Å²) in [6.07, 6.45) is 1.08. The zero-order chi connectivity index (χ0) is 13.3. The highest BCUT2D eigenvalue weighted by Gasteiger charge is 2.29. The first-order valence-corrected chi connectivity index (χ1v) is 6.03. The van der Waals surface area contributed by atoms with E-state index in [9.17, 15) is 4.79 Å². The van der Waals surface area contributed by atoms with E-state index in [1.165, 1.54) is 0 Å². The van der Waals surface area contributed by atoms with E-state index in [4.69, 9.17) is 11.0 Å². The lowest BCUT2D eigenvalue weighted by Crippen LogP contribution is -2.30. The van der Waals surface area contributed by atoms with Gasteiger partial charge in [-0.2, -0.15) is 5.26 Å². The Morgan fingerprint density at radius 3 is 2.89 bits per heavy atom. The number of carbonyl (C=O) groups excluding carboxylic acids is 1. The summed E-state index contributed by atoms with van der Waals surface area (Å²) in [4.78, 5) is 13.7. The van der Waals surface area contributed by atoms with Crippen LogP contribution in [0.5, 0.6) is 0 Å². The molecule has 4 nitrogen and oxygen atoms in total. The third kappa shape index (κ3) is 2.30. The van der Waals surface area contributed by atoms with E-state index < -0.39 is 5.41 Å². The maximum Gasteiger partial charge on any atom is 0.231 e. The predicted molar refractivity (Wildman–Crippen MR) is 70.9 cm³/mol. The van der Waals surface area contributed by atoms with Crippen molar-refractivity contribution in [3.05, 3.63) is 23.8 Å². The molecule has 2 N–H and O–H groups in total. The lowest BCUT2D eigenvalue weighted by molar-refractivity contribution is -0.117. The predicted octanol–water partition coefficient (Wildman–Crippen LogP) is 2.10. The summed E-state index contributed by atoms with van der Waals surface area (Å²) in [6.45, 7) is 4.35. The number of amides is 1. The molecule has 1 aromatic rings. The van der Waals surface area contributed by atoms with Crippen molar-refractivity contribution < 1.29 is 4.79 Å². The Bertz CT molecular complexity index is 528. The van der Waals surface area contributed by atoms with Gasteiger partial charge >= 0.3 is 0 Å². The van der Waals surface area contributed by atoms with Gasteiger partial charge in [0.25, 0.3) is 0 Å². The number of anilines is 2. The van der Waals surface area contributed by atoms with Crippen molar-refractivity contribution in [2.45, 2.75) is 26.7 Å². The zero-order valence-electron chi connectivity index (χ0n) is 10.7. The number of benzene rings is 1. The van der Waals surface area contributed by atoms with Crippen LogP contribution < -0.4 is 10.6 Å². The van der Waals surface area contributed by atoms with Gasteiger partial charge in [-0.05, 0) is 44.0 Å². The molecule has 1 aromatic carbocycles. The number of carbonyl (C=O) groups is 1. The molecule has 0 radical (unpaired) electrons. The van der Waals surface area contributed by atoms with Crippen LogP contribution in [0.3, 0.4) is 0 Å². The summed E-state index contributed by atoms with van der Waals surface area (Å²) < 4.78 is 0. The molecule has 1 aliphatic heterocycles. The summed E-state index contributed by atoms with van der Waals surface area (Å²) in [7, 11) is 0. The first kappa shape index (κ1) is 12.4. The summed E-state index contributed by atoms with van der Waals surface area (Å²) in [5.74, 6) is 0.0874. The SMILES string of the molecule is CC(C)(C#N)CCN1C(=O)Cc2cc(N)ccc21. The summed E-state index contributed by atoms with van der Waals surface area (Å²) in [5.41, 5.74) is 7.90. The molecule has 0 aliphatic carbocycles. The van der Waals surface area contributed by atoms with Crippen LogP contribution in [0.1, 0.15) is 25.8 Å². The third-order valence-corrected chi connectivity index (χ3v) is 3.30. The number of rotatable bonds is 3. The standard InChI is InChI=1S/C14H17N3O/c1-14(2,9-15)5-6-17-12-4-3-11(16)7-10(12)8-13(17)18/h3-4,7H,5-6,8,16H2,1-2H3. The number of nitriles is 1. The van der Waals surface area contributed by atoms with Crippen LogP contribution in [0.25, 0.3) is 0 Å². The zero-order valence-corrected chi connectivity index (χ0v) is 10.7. The monoisotopic (exact) mass is 243 g/mol. The molecule has 0 fully saturated rings. The van der Waals surface area contributed by atoms with E-state index in [0.29, 0.717) is 25.1 Å². The van der Waals surface area contributed by atoms with Gasteiger partial charge in [0.2, 0.25) is 5.91 Å². The second kappa shape index (κ2) is 4.34. The molecular formula is C14H17N3O. The quantitative estimate of drug-likeness (QED) is 0.826. The first-order valence-electron chi connectivity index (χ1n) is 6.03. The van der Waals surface area contributed by atoms with Gasteiger partial charge in [0, 0.05) is 17.9 Å². The molecule has 0 saturated heterocycles.